The Bertz CT molecular complexity index is 834. The molecule has 1 N–H and O–H groups in total. The van der Waals surface area contributed by atoms with Crippen LogP contribution in [0, 0.1) is 0 Å². The third kappa shape index (κ3) is 6.16. The van der Waals surface area contributed by atoms with Gasteiger partial charge in [-0.15, -0.1) is 24.0 Å². The van der Waals surface area contributed by atoms with E-state index in [1.165, 1.54) is 11.1 Å². The van der Waals surface area contributed by atoms with Crippen molar-refractivity contribution in [3.05, 3.63) is 59.6 Å². The number of fused-ring (bicyclic) bond motifs is 1. The van der Waals surface area contributed by atoms with Gasteiger partial charge in [0, 0.05) is 26.1 Å². The topological polar surface area (TPSA) is 59.2 Å². The SMILES string of the molecule is C=C(C)CN=C(NCCc1ccco1)N1CCc2cc(OC)c(OC)cc2C1.I. The highest BCUT2D eigenvalue weighted by Crippen LogP contribution is 2.33. The molecule has 158 valence electrons. The summed E-state index contributed by atoms with van der Waals surface area (Å²) in [5.74, 6) is 3.40. The van der Waals surface area contributed by atoms with Gasteiger partial charge in [0.1, 0.15) is 5.76 Å². The van der Waals surface area contributed by atoms with E-state index in [-0.39, 0.29) is 24.0 Å². The average molecular weight is 511 g/mol. The van der Waals surface area contributed by atoms with Gasteiger partial charge in [-0.2, -0.15) is 0 Å². The molecule has 6 nitrogen and oxygen atoms in total. The highest BCUT2D eigenvalue weighted by atomic mass is 127. The number of methoxy groups -OCH3 is 2. The maximum Gasteiger partial charge on any atom is 0.194 e. The van der Waals surface area contributed by atoms with Gasteiger partial charge in [-0.3, -0.25) is 0 Å². The molecule has 0 aliphatic carbocycles. The molecule has 29 heavy (non-hydrogen) atoms. The van der Waals surface area contributed by atoms with Crippen molar-refractivity contribution < 1.29 is 13.9 Å². The fourth-order valence-corrected chi connectivity index (χ4v) is 3.29. The van der Waals surface area contributed by atoms with Gasteiger partial charge in [-0.25, -0.2) is 4.99 Å². The molecule has 1 aliphatic rings. The number of furan rings is 1. The standard InChI is InChI=1S/C22H29N3O3.HI/c1-16(2)14-24-22(23-9-7-19-6-5-11-28-19)25-10-8-17-12-20(26-3)21(27-4)13-18(17)15-25;/h5-6,11-13H,1,7-10,14-15H2,2-4H3,(H,23,24);1H. The monoisotopic (exact) mass is 511 g/mol. The van der Waals surface area contributed by atoms with Gasteiger partial charge in [0.15, 0.2) is 17.5 Å². The Balaban J connectivity index is 0.00000300. The van der Waals surface area contributed by atoms with Gasteiger partial charge in [-0.1, -0.05) is 12.2 Å². The van der Waals surface area contributed by atoms with E-state index >= 15 is 0 Å². The lowest BCUT2D eigenvalue weighted by Gasteiger charge is -2.32. The van der Waals surface area contributed by atoms with Crippen LogP contribution in [-0.4, -0.2) is 44.7 Å². The quantitative estimate of drug-likeness (QED) is 0.263. The predicted octanol–water partition coefficient (Wildman–Crippen LogP) is 4.04. The van der Waals surface area contributed by atoms with Gasteiger partial charge >= 0.3 is 0 Å². The lowest BCUT2D eigenvalue weighted by Crippen LogP contribution is -2.44. The molecule has 7 heteroatoms. The molecule has 1 aromatic carbocycles. The van der Waals surface area contributed by atoms with E-state index in [1.807, 2.05) is 19.1 Å². The van der Waals surface area contributed by atoms with E-state index in [1.54, 1.807) is 20.5 Å². The van der Waals surface area contributed by atoms with Crippen molar-refractivity contribution in [2.24, 2.45) is 4.99 Å². The maximum absolute atomic E-state index is 5.47. The molecule has 2 heterocycles. The highest BCUT2D eigenvalue weighted by molar-refractivity contribution is 14.0. The Kier molecular flexibility index (Phi) is 8.88. The summed E-state index contributed by atoms with van der Waals surface area (Å²) in [6.07, 6.45) is 3.45. The number of hydrogen-bond donors (Lipinski definition) is 1. The minimum absolute atomic E-state index is 0. The van der Waals surface area contributed by atoms with Crippen LogP contribution in [0.5, 0.6) is 11.5 Å². The minimum Gasteiger partial charge on any atom is -0.493 e. The van der Waals surface area contributed by atoms with Crippen LogP contribution in [-0.2, 0) is 19.4 Å². The summed E-state index contributed by atoms with van der Waals surface area (Å²) in [6.45, 7) is 9.01. The van der Waals surface area contributed by atoms with Crippen molar-refractivity contribution in [2.45, 2.75) is 26.3 Å². The molecule has 1 aliphatic heterocycles. The van der Waals surface area contributed by atoms with Crippen molar-refractivity contribution in [3.63, 3.8) is 0 Å². The van der Waals surface area contributed by atoms with Crippen LogP contribution in [0.2, 0.25) is 0 Å². The Morgan fingerprint density at radius 1 is 1.24 bits per heavy atom. The first-order valence-corrected chi connectivity index (χ1v) is 9.54. The number of rotatable bonds is 7. The largest absolute Gasteiger partial charge is 0.493 e. The molecule has 0 saturated carbocycles. The number of halogens is 1. The van der Waals surface area contributed by atoms with E-state index in [0.717, 1.165) is 61.3 Å². The van der Waals surface area contributed by atoms with Crippen LogP contribution in [0.4, 0.5) is 0 Å². The number of benzene rings is 1. The van der Waals surface area contributed by atoms with Crippen molar-refractivity contribution in [1.82, 2.24) is 10.2 Å². The number of hydrogen-bond acceptors (Lipinski definition) is 4. The van der Waals surface area contributed by atoms with Crippen LogP contribution < -0.4 is 14.8 Å². The lowest BCUT2D eigenvalue weighted by atomic mass is 9.99. The number of nitrogens with zero attached hydrogens (tertiary/aromatic N) is 2. The molecule has 2 aromatic rings. The van der Waals surface area contributed by atoms with Gasteiger partial charge in [0.25, 0.3) is 0 Å². The van der Waals surface area contributed by atoms with Crippen LogP contribution in [0.15, 0.2) is 52.1 Å². The molecule has 0 spiro atoms. The highest BCUT2D eigenvalue weighted by Gasteiger charge is 2.21. The average Bonchev–Trinajstić information content (AvgIpc) is 3.22. The minimum atomic E-state index is 0. The zero-order chi connectivity index (χ0) is 19.9. The predicted molar refractivity (Wildman–Crippen MR) is 127 cm³/mol. The number of ether oxygens (including phenoxy) is 2. The summed E-state index contributed by atoms with van der Waals surface area (Å²) in [6, 6.07) is 8.05. The fraction of sp³-hybridized carbons (Fsp3) is 0.409. The molecule has 0 atom stereocenters. The van der Waals surface area contributed by atoms with Gasteiger partial charge in [0.2, 0.25) is 0 Å². The molecular formula is C22H30IN3O3. The Hall–Kier alpha value is -2.16. The van der Waals surface area contributed by atoms with E-state index in [0.29, 0.717) is 6.54 Å². The molecule has 0 unspecified atom stereocenters. The molecule has 0 saturated heterocycles. The van der Waals surface area contributed by atoms with E-state index in [9.17, 15) is 0 Å². The van der Waals surface area contributed by atoms with Crippen molar-refractivity contribution in [3.8, 4) is 11.5 Å². The van der Waals surface area contributed by atoms with E-state index in [4.69, 9.17) is 18.9 Å². The summed E-state index contributed by atoms with van der Waals surface area (Å²) in [7, 11) is 3.34. The summed E-state index contributed by atoms with van der Waals surface area (Å²) in [4.78, 5) is 7.04. The summed E-state index contributed by atoms with van der Waals surface area (Å²) < 4.78 is 16.3. The first-order valence-electron chi connectivity index (χ1n) is 9.54. The summed E-state index contributed by atoms with van der Waals surface area (Å²) in [5.41, 5.74) is 3.57. The second-order valence-electron chi connectivity index (χ2n) is 7.00. The third-order valence-corrected chi connectivity index (χ3v) is 4.75. The molecule has 0 fully saturated rings. The Morgan fingerprint density at radius 3 is 2.59 bits per heavy atom. The van der Waals surface area contributed by atoms with Crippen LogP contribution in [0.3, 0.4) is 0 Å². The molecular weight excluding hydrogens is 481 g/mol. The smallest absolute Gasteiger partial charge is 0.194 e. The summed E-state index contributed by atoms with van der Waals surface area (Å²) >= 11 is 0. The van der Waals surface area contributed by atoms with E-state index in [2.05, 4.69) is 28.9 Å². The fourth-order valence-electron chi connectivity index (χ4n) is 3.29. The molecule has 0 amide bonds. The zero-order valence-electron chi connectivity index (χ0n) is 17.4. The van der Waals surface area contributed by atoms with Crippen molar-refractivity contribution >= 4 is 29.9 Å². The molecule has 1 aromatic heterocycles. The van der Waals surface area contributed by atoms with E-state index < -0.39 is 0 Å². The third-order valence-electron chi connectivity index (χ3n) is 4.75. The number of guanidine groups is 1. The molecule has 0 radical (unpaired) electrons. The first-order chi connectivity index (χ1) is 13.6. The van der Waals surface area contributed by atoms with Gasteiger partial charge in [0.05, 0.1) is 27.0 Å². The second-order valence-corrected chi connectivity index (χ2v) is 7.00. The number of nitrogens with one attached hydrogen (secondary N) is 1. The normalized spacial score (nSPS) is 13.3. The first kappa shape index (κ1) is 23.1. The maximum atomic E-state index is 5.47. The molecule has 0 bridgehead atoms. The lowest BCUT2D eigenvalue weighted by molar-refractivity contribution is 0.345. The molecule has 3 rings (SSSR count). The zero-order valence-corrected chi connectivity index (χ0v) is 19.7. The van der Waals surface area contributed by atoms with Crippen molar-refractivity contribution in [1.29, 1.82) is 0 Å². The van der Waals surface area contributed by atoms with Gasteiger partial charge in [-0.05, 0) is 48.7 Å². The number of aliphatic imine (C=N–C) groups is 1. The van der Waals surface area contributed by atoms with Crippen LogP contribution >= 0.6 is 24.0 Å². The Morgan fingerprint density at radius 2 is 1.97 bits per heavy atom. The van der Waals surface area contributed by atoms with Crippen LogP contribution in [0.1, 0.15) is 23.8 Å². The second kappa shape index (κ2) is 11.1. The summed E-state index contributed by atoms with van der Waals surface area (Å²) in [5, 5.41) is 3.48. The Labute approximate surface area is 190 Å². The van der Waals surface area contributed by atoms with Crippen LogP contribution in [0.25, 0.3) is 0 Å². The van der Waals surface area contributed by atoms with Gasteiger partial charge < -0.3 is 24.1 Å². The van der Waals surface area contributed by atoms with Crippen molar-refractivity contribution in [2.75, 3.05) is 33.9 Å².